The van der Waals surface area contributed by atoms with E-state index in [9.17, 15) is 4.79 Å². The van der Waals surface area contributed by atoms with Gasteiger partial charge in [-0.15, -0.1) is 5.10 Å². The Bertz CT molecular complexity index is 595. The van der Waals surface area contributed by atoms with Gasteiger partial charge in [0, 0.05) is 31.4 Å². The lowest BCUT2D eigenvalue weighted by atomic mass is 10.1. The molecule has 0 fully saturated rings. The van der Waals surface area contributed by atoms with Gasteiger partial charge < -0.3 is 16.0 Å². The average molecular weight is 272 g/mol. The summed E-state index contributed by atoms with van der Waals surface area (Å²) in [5.74, 6) is -0.0831. The van der Waals surface area contributed by atoms with Crippen molar-refractivity contribution in [1.29, 1.82) is 0 Å². The molecule has 1 aromatic heterocycles. The number of carbonyl (C=O) groups excluding carboxylic acids is 1. The van der Waals surface area contributed by atoms with E-state index >= 15 is 0 Å². The Kier molecular flexibility index (Phi) is 3.49. The number of aromatic nitrogens is 3. The minimum absolute atomic E-state index is 0.0831. The van der Waals surface area contributed by atoms with Crippen molar-refractivity contribution >= 4 is 17.3 Å². The van der Waals surface area contributed by atoms with Gasteiger partial charge in [-0.25, -0.2) is 0 Å². The van der Waals surface area contributed by atoms with E-state index in [1.165, 1.54) is 0 Å². The fourth-order valence-corrected chi connectivity index (χ4v) is 2.12. The van der Waals surface area contributed by atoms with E-state index in [4.69, 9.17) is 0 Å². The summed E-state index contributed by atoms with van der Waals surface area (Å²) in [6.07, 6.45) is 3.38. The van der Waals surface area contributed by atoms with E-state index in [2.05, 4.69) is 26.3 Å². The van der Waals surface area contributed by atoms with Crippen LogP contribution in [0.1, 0.15) is 10.4 Å². The Balaban J connectivity index is 1.59. The van der Waals surface area contributed by atoms with Gasteiger partial charge >= 0.3 is 0 Å². The second-order valence-corrected chi connectivity index (χ2v) is 4.54. The van der Waals surface area contributed by atoms with Crippen molar-refractivity contribution in [1.82, 2.24) is 20.3 Å². The zero-order valence-corrected chi connectivity index (χ0v) is 11.0. The zero-order chi connectivity index (χ0) is 13.8. The Morgan fingerprint density at radius 2 is 2.15 bits per heavy atom. The lowest BCUT2D eigenvalue weighted by molar-refractivity contribution is 0.0952. The number of amides is 1. The molecule has 0 aliphatic carbocycles. The van der Waals surface area contributed by atoms with Crippen molar-refractivity contribution in [3.8, 4) is 0 Å². The van der Waals surface area contributed by atoms with E-state index in [1.807, 2.05) is 18.2 Å². The van der Waals surface area contributed by atoms with Crippen LogP contribution in [0.25, 0.3) is 0 Å². The van der Waals surface area contributed by atoms with Gasteiger partial charge in [0.05, 0.1) is 24.1 Å². The van der Waals surface area contributed by atoms with Crippen molar-refractivity contribution in [3.63, 3.8) is 0 Å². The van der Waals surface area contributed by atoms with Crippen LogP contribution in [0.2, 0.25) is 0 Å². The number of anilines is 2. The third-order valence-corrected chi connectivity index (χ3v) is 3.14. The maximum Gasteiger partial charge on any atom is 0.251 e. The lowest BCUT2D eigenvalue weighted by Crippen LogP contribution is -2.28. The number of rotatable bonds is 4. The highest BCUT2D eigenvalue weighted by molar-refractivity contribution is 5.96. The molecule has 1 aliphatic heterocycles. The summed E-state index contributed by atoms with van der Waals surface area (Å²) >= 11 is 0. The first-order chi connectivity index (χ1) is 9.83. The smallest absolute Gasteiger partial charge is 0.251 e. The fourth-order valence-electron chi connectivity index (χ4n) is 2.12. The predicted molar refractivity (Wildman–Crippen MR) is 75.8 cm³/mol. The largest absolute Gasteiger partial charge is 0.382 e. The lowest BCUT2D eigenvalue weighted by Gasteiger charge is -2.20. The SMILES string of the molecule is O=C(NCCn1ccnn1)c1ccc2c(c1)NCCN2. The molecule has 20 heavy (non-hydrogen) atoms. The van der Waals surface area contributed by atoms with Gasteiger partial charge in [-0.05, 0) is 18.2 Å². The van der Waals surface area contributed by atoms with Crippen LogP contribution in [0.3, 0.4) is 0 Å². The molecule has 0 saturated heterocycles. The number of carbonyl (C=O) groups is 1. The standard InChI is InChI=1S/C13H16N6O/c20-13(16-5-7-19-8-6-17-18-19)10-1-2-11-12(9-10)15-4-3-14-11/h1-2,6,8-9,14-15H,3-5,7H2,(H,16,20). The summed E-state index contributed by atoms with van der Waals surface area (Å²) < 4.78 is 1.68. The molecule has 3 N–H and O–H groups in total. The Hall–Kier alpha value is -2.57. The monoisotopic (exact) mass is 272 g/mol. The van der Waals surface area contributed by atoms with Crippen LogP contribution in [0.4, 0.5) is 11.4 Å². The van der Waals surface area contributed by atoms with Crippen LogP contribution in [-0.4, -0.2) is 40.5 Å². The molecule has 1 amide bonds. The molecule has 1 aromatic carbocycles. The van der Waals surface area contributed by atoms with E-state index in [-0.39, 0.29) is 5.91 Å². The molecular weight excluding hydrogens is 256 g/mol. The zero-order valence-electron chi connectivity index (χ0n) is 11.0. The summed E-state index contributed by atoms with van der Waals surface area (Å²) in [7, 11) is 0. The van der Waals surface area contributed by atoms with Crippen molar-refractivity contribution in [2.75, 3.05) is 30.3 Å². The van der Waals surface area contributed by atoms with E-state index in [0.717, 1.165) is 24.5 Å². The first-order valence-electron chi connectivity index (χ1n) is 6.57. The topological polar surface area (TPSA) is 83.9 Å². The molecule has 0 unspecified atom stereocenters. The second kappa shape index (κ2) is 5.60. The highest BCUT2D eigenvalue weighted by Gasteiger charge is 2.11. The van der Waals surface area contributed by atoms with Gasteiger partial charge in [0.25, 0.3) is 5.91 Å². The van der Waals surface area contributed by atoms with Crippen LogP contribution < -0.4 is 16.0 Å². The molecule has 3 rings (SSSR count). The van der Waals surface area contributed by atoms with Crippen LogP contribution in [-0.2, 0) is 6.54 Å². The number of benzene rings is 1. The highest BCUT2D eigenvalue weighted by atomic mass is 16.1. The van der Waals surface area contributed by atoms with Crippen molar-refractivity contribution in [3.05, 3.63) is 36.2 Å². The highest BCUT2D eigenvalue weighted by Crippen LogP contribution is 2.25. The Morgan fingerprint density at radius 3 is 2.95 bits per heavy atom. The third kappa shape index (κ3) is 2.71. The third-order valence-electron chi connectivity index (χ3n) is 3.14. The molecule has 0 saturated carbocycles. The Labute approximate surface area is 116 Å². The summed E-state index contributed by atoms with van der Waals surface area (Å²) in [6.45, 7) is 2.89. The summed E-state index contributed by atoms with van der Waals surface area (Å²) in [5.41, 5.74) is 2.66. The normalized spacial score (nSPS) is 13.0. The van der Waals surface area contributed by atoms with Crippen LogP contribution in [0.5, 0.6) is 0 Å². The van der Waals surface area contributed by atoms with E-state index in [1.54, 1.807) is 17.1 Å². The van der Waals surface area contributed by atoms with Gasteiger partial charge in [0.1, 0.15) is 0 Å². The molecule has 1 aliphatic rings. The molecule has 0 bridgehead atoms. The summed E-state index contributed by atoms with van der Waals surface area (Å²) in [4.78, 5) is 12.1. The van der Waals surface area contributed by atoms with Crippen molar-refractivity contribution in [2.45, 2.75) is 6.54 Å². The van der Waals surface area contributed by atoms with Crippen LogP contribution in [0, 0.1) is 0 Å². The molecule has 2 aromatic rings. The van der Waals surface area contributed by atoms with Gasteiger partial charge in [-0.2, -0.15) is 0 Å². The number of hydrogen-bond acceptors (Lipinski definition) is 5. The molecule has 7 nitrogen and oxygen atoms in total. The Morgan fingerprint density at radius 1 is 1.30 bits per heavy atom. The average Bonchev–Trinajstić information content (AvgIpc) is 3.00. The molecule has 0 radical (unpaired) electrons. The molecule has 104 valence electrons. The minimum atomic E-state index is -0.0831. The molecule has 7 heteroatoms. The number of nitrogens with one attached hydrogen (secondary N) is 3. The van der Waals surface area contributed by atoms with E-state index in [0.29, 0.717) is 18.7 Å². The quantitative estimate of drug-likeness (QED) is 0.757. The maximum absolute atomic E-state index is 12.1. The summed E-state index contributed by atoms with van der Waals surface area (Å²) in [6, 6.07) is 5.61. The van der Waals surface area contributed by atoms with Crippen molar-refractivity contribution < 1.29 is 4.79 Å². The molecule has 0 spiro atoms. The maximum atomic E-state index is 12.1. The second-order valence-electron chi connectivity index (χ2n) is 4.54. The minimum Gasteiger partial charge on any atom is -0.382 e. The number of nitrogens with zero attached hydrogens (tertiary/aromatic N) is 3. The van der Waals surface area contributed by atoms with E-state index < -0.39 is 0 Å². The number of fused-ring (bicyclic) bond motifs is 1. The summed E-state index contributed by atoms with van der Waals surface area (Å²) in [5, 5.41) is 17.0. The van der Waals surface area contributed by atoms with Crippen LogP contribution in [0.15, 0.2) is 30.6 Å². The first kappa shape index (κ1) is 12.5. The van der Waals surface area contributed by atoms with Gasteiger partial charge in [0.2, 0.25) is 0 Å². The van der Waals surface area contributed by atoms with Gasteiger partial charge in [-0.3, -0.25) is 9.48 Å². The van der Waals surface area contributed by atoms with Gasteiger partial charge in [-0.1, -0.05) is 5.21 Å². The fraction of sp³-hybridized carbons (Fsp3) is 0.308. The van der Waals surface area contributed by atoms with Crippen molar-refractivity contribution in [2.24, 2.45) is 0 Å². The molecule has 2 heterocycles. The first-order valence-corrected chi connectivity index (χ1v) is 6.57. The predicted octanol–water partition coefficient (Wildman–Crippen LogP) is 0.545. The molecule has 0 atom stereocenters. The van der Waals surface area contributed by atoms with Crippen LogP contribution >= 0.6 is 0 Å². The van der Waals surface area contributed by atoms with Gasteiger partial charge in [0.15, 0.2) is 0 Å². The molecular formula is C13H16N6O. The number of hydrogen-bond donors (Lipinski definition) is 3.